The van der Waals surface area contributed by atoms with Gasteiger partial charge in [-0.1, -0.05) is 140 Å². The molecule has 214 valence electrons. The number of nitrogens with two attached hydrogens (primary N) is 1. The van der Waals surface area contributed by atoms with Crippen molar-refractivity contribution in [3.63, 3.8) is 0 Å². The van der Waals surface area contributed by atoms with E-state index in [0.717, 1.165) is 38.9 Å². The molecule has 0 saturated heterocycles. The minimum Gasteiger partial charge on any atom is -0.449 e. The third-order valence-electron chi connectivity index (χ3n) is 7.99. The van der Waals surface area contributed by atoms with Gasteiger partial charge in [0, 0.05) is 11.7 Å². The number of alkyl carbamates (subject to hydrolysis) is 1. The number of hydrogen-bond acceptors (Lipinski definition) is 4. The smallest absolute Gasteiger partial charge is 0.407 e. The Kier molecular flexibility index (Phi) is 8.29. The monoisotopic (exact) mass is 584 g/mol. The maximum absolute atomic E-state index is 13.1. The fraction of sp³-hybridized carbons (Fsp3) is 0.135. The van der Waals surface area contributed by atoms with Crippen molar-refractivity contribution >= 4 is 23.8 Å². The normalized spacial score (nSPS) is 13.0. The summed E-state index contributed by atoms with van der Waals surface area (Å²) in [6.07, 6.45) is -0.670. The first-order valence-corrected chi connectivity index (χ1v) is 15.3. The predicted molar refractivity (Wildman–Crippen MR) is 173 cm³/mol. The lowest BCUT2D eigenvalue weighted by atomic mass is 9.84. The summed E-state index contributed by atoms with van der Waals surface area (Å²) < 4.78 is 5.09. The molecule has 5 aromatic rings. The molecule has 0 radical (unpaired) electrons. The molecular weight excluding hydrogens is 552 g/mol. The number of nitrogens with one attached hydrogen (secondary N) is 1. The molecule has 2 amide bonds. The largest absolute Gasteiger partial charge is 0.449 e. The molecule has 1 atom stereocenters. The number of primary amides is 1. The Balaban J connectivity index is 1.23. The van der Waals surface area contributed by atoms with Crippen molar-refractivity contribution in [3.05, 3.63) is 167 Å². The van der Waals surface area contributed by atoms with Crippen molar-refractivity contribution in [1.29, 1.82) is 0 Å². The third-order valence-corrected chi connectivity index (χ3v) is 9.63. The molecule has 5 nitrogen and oxygen atoms in total. The van der Waals surface area contributed by atoms with Gasteiger partial charge in [-0.15, -0.1) is 11.8 Å². The Labute approximate surface area is 256 Å². The second-order valence-electron chi connectivity index (χ2n) is 10.5. The second kappa shape index (κ2) is 12.6. The van der Waals surface area contributed by atoms with Crippen LogP contribution < -0.4 is 11.1 Å². The standard InChI is InChI=1S/C37H32N2O3S/c38-35(40)34(39-36(41)42-24-33-31-22-12-10-20-29(31)30-21-11-13-23-32(30)33)25-43-37(26-14-4-1-5-15-26,27-16-6-2-7-17-27)28-18-8-3-9-19-28/h1-23,33-34H,24-25H2,(H2,38,40)(H,39,41)/t34-/m1/s1. The molecule has 1 aliphatic rings. The van der Waals surface area contributed by atoms with Gasteiger partial charge in [0.05, 0.1) is 4.75 Å². The minimum atomic E-state index is -0.948. The summed E-state index contributed by atoms with van der Waals surface area (Å²) in [7, 11) is 0. The lowest BCUT2D eigenvalue weighted by Crippen LogP contribution is -2.47. The number of benzene rings is 5. The highest BCUT2D eigenvalue weighted by Gasteiger charge is 2.38. The number of rotatable bonds is 10. The van der Waals surface area contributed by atoms with Gasteiger partial charge in [-0.05, 0) is 38.9 Å². The summed E-state index contributed by atoms with van der Waals surface area (Å²) >= 11 is 1.56. The van der Waals surface area contributed by atoms with E-state index in [4.69, 9.17) is 10.5 Å². The van der Waals surface area contributed by atoms with E-state index in [1.54, 1.807) is 11.8 Å². The van der Waals surface area contributed by atoms with E-state index in [-0.39, 0.29) is 18.3 Å². The number of ether oxygens (including phenoxy) is 1. The summed E-state index contributed by atoms with van der Waals surface area (Å²) in [6.45, 7) is 0.153. The van der Waals surface area contributed by atoms with Gasteiger partial charge in [0.2, 0.25) is 5.91 Å². The van der Waals surface area contributed by atoms with E-state index >= 15 is 0 Å². The molecule has 0 bridgehead atoms. The number of carbonyl (C=O) groups is 2. The fourth-order valence-electron chi connectivity index (χ4n) is 5.95. The van der Waals surface area contributed by atoms with Gasteiger partial charge in [0.15, 0.2) is 0 Å². The number of thioether (sulfide) groups is 1. The zero-order valence-electron chi connectivity index (χ0n) is 23.6. The Morgan fingerprint density at radius 1 is 0.674 bits per heavy atom. The van der Waals surface area contributed by atoms with Gasteiger partial charge in [-0.25, -0.2) is 4.79 Å². The lowest BCUT2D eigenvalue weighted by Gasteiger charge is -2.36. The maximum Gasteiger partial charge on any atom is 0.407 e. The topological polar surface area (TPSA) is 81.4 Å². The first kappa shape index (κ1) is 28.3. The fourth-order valence-corrected chi connectivity index (χ4v) is 7.53. The van der Waals surface area contributed by atoms with Crippen LogP contribution in [0, 0.1) is 0 Å². The van der Waals surface area contributed by atoms with Crippen LogP contribution in [0.3, 0.4) is 0 Å². The van der Waals surface area contributed by atoms with Crippen molar-refractivity contribution in [2.45, 2.75) is 16.7 Å². The van der Waals surface area contributed by atoms with Gasteiger partial charge >= 0.3 is 6.09 Å². The van der Waals surface area contributed by atoms with E-state index < -0.39 is 22.8 Å². The molecular formula is C37H32N2O3S. The summed E-state index contributed by atoms with van der Waals surface area (Å²) in [5.74, 6) is -0.469. The SMILES string of the molecule is NC(=O)[C@@H](CSC(c1ccccc1)(c1ccccc1)c1ccccc1)NC(=O)OCC1c2ccccc2-c2ccccc21. The van der Waals surface area contributed by atoms with Gasteiger partial charge in [-0.3, -0.25) is 4.79 Å². The molecule has 1 aliphatic carbocycles. The van der Waals surface area contributed by atoms with Crippen LogP contribution in [0.15, 0.2) is 140 Å². The molecule has 6 rings (SSSR count). The summed E-state index contributed by atoms with van der Waals surface area (Å²) in [6, 6.07) is 46.0. The highest BCUT2D eigenvalue weighted by Crippen LogP contribution is 2.49. The van der Waals surface area contributed by atoms with Crippen LogP contribution in [0.25, 0.3) is 11.1 Å². The third kappa shape index (κ3) is 5.66. The number of fused-ring (bicyclic) bond motifs is 3. The lowest BCUT2D eigenvalue weighted by molar-refractivity contribution is -0.119. The molecule has 3 N–H and O–H groups in total. The molecule has 5 aromatic carbocycles. The van der Waals surface area contributed by atoms with Crippen LogP contribution >= 0.6 is 11.8 Å². The Hall–Kier alpha value is -4.81. The molecule has 0 saturated carbocycles. The van der Waals surface area contributed by atoms with Crippen molar-refractivity contribution in [2.75, 3.05) is 12.4 Å². The number of carbonyl (C=O) groups excluding carboxylic acids is 2. The van der Waals surface area contributed by atoms with Crippen LogP contribution in [0.5, 0.6) is 0 Å². The predicted octanol–water partition coefficient (Wildman–Crippen LogP) is 7.10. The molecule has 0 spiro atoms. The average Bonchev–Trinajstić information content (AvgIpc) is 3.38. The zero-order valence-corrected chi connectivity index (χ0v) is 24.4. The van der Waals surface area contributed by atoms with Gasteiger partial charge in [0.1, 0.15) is 12.6 Å². The molecule has 0 unspecified atom stereocenters. The van der Waals surface area contributed by atoms with Crippen molar-refractivity contribution < 1.29 is 14.3 Å². The zero-order chi connectivity index (χ0) is 29.6. The average molecular weight is 585 g/mol. The Morgan fingerprint density at radius 3 is 1.53 bits per heavy atom. The van der Waals surface area contributed by atoms with Gasteiger partial charge in [-0.2, -0.15) is 0 Å². The molecule has 0 heterocycles. The van der Waals surface area contributed by atoms with Crippen LogP contribution in [-0.2, 0) is 14.3 Å². The van der Waals surface area contributed by atoms with E-state index in [0.29, 0.717) is 0 Å². The molecule has 0 aromatic heterocycles. The quantitative estimate of drug-likeness (QED) is 0.172. The number of amides is 2. The molecule has 0 fully saturated rings. The van der Waals surface area contributed by atoms with Crippen molar-refractivity contribution in [3.8, 4) is 11.1 Å². The Morgan fingerprint density at radius 2 is 1.09 bits per heavy atom. The van der Waals surface area contributed by atoms with Crippen LogP contribution in [0.2, 0.25) is 0 Å². The van der Waals surface area contributed by atoms with E-state index in [9.17, 15) is 9.59 Å². The van der Waals surface area contributed by atoms with Crippen LogP contribution in [0.1, 0.15) is 33.7 Å². The Bertz CT molecular complexity index is 1570. The first-order valence-electron chi connectivity index (χ1n) is 14.3. The second-order valence-corrected chi connectivity index (χ2v) is 11.7. The summed E-state index contributed by atoms with van der Waals surface area (Å²) in [5.41, 5.74) is 13.6. The van der Waals surface area contributed by atoms with Crippen molar-refractivity contribution in [1.82, 2.24) is 5.32 Å². The minimum absolute atomic E-state index is 0.0820. The van der Waals surface area contributed by atoms with E-state index in [2.05, 4.69) is 66.0 Å². The van der Waals surface area contributed by atoms with Crippen molar-refractivity contribution in [2.24, 2.45) is 5.73 Å². The van der Waals surface area contributed by atoms with Gasteiger partial charge < -0.3 is 15.8 Å². The van der Waals surface area contributed by atoms with Crippen LogP contribution in [0.4, 0.5) is 4.79 Å². The number of hydrogen-bond donors (Lipinski definition) is 2. The highest BCUT2D eigenvalue weighted by molar-refractivity contribution is 8.00. The molecule has 43 heavy (non-hydrogen) atoms. The molecule has 6 heteroatoms. The molecule has 0 aliphatic heterocycles. The van der Waals surface area contributed by atoms with Gasteiger partial charge in [0.25, 0.3) is 0 Å². The maximum atomic E-state index is 13.1. The summed E-state index contributed by atoms with van der Waals surface area (Å²) in [5, 5.41) is 2.76. The first-order chi connectivity index (χ1) is 21.1. The van der Waals surface area contributed by atoms with E-state index in [1.807, 2.05) is 78.9 Å². The van der Waals surface area contributed by atoms with Crippen LogP contribution in [-0.4, -0.2) is 30.4 Å². The highest BCUT2D eigenvalue weighted by atomic mass is 32.2. The summed E-state index contributed by atoms with van der Waals surface area (Å²) in [4.78, 5) is 25.8. The van der Waals surface area contributed by atoms with E-state index in [1.165, 1.54) is 0 Å².